The second-order valence-corrected chi connectivity index (χ2v) is 8.48. The molecule has 0 aromatic rings. The van der Waals surface area contributed by atoms with Gasteiger partial charge in [-0.25, -0.2) is 0 Å². The average Bonchev–Trinajstić information content (AvgIpc) is 2.54. The summed E-state index contributed by atoms with van der Waals surface area (Å²) in [6.45, 7) is 9.99. The van der Waals surface area contributed by atoms with Crippen molar-refractivity contribution < 1.29 is 0 Å². The highest BCUT2D eigenvalue weighted by Crippen LogP contribution is 2.48. The molecule has 17 heavy (non-hydrogen) atoms. The first-order chi connectivity index (χ1) is 8.11. The fourth-order valence-electron chi connectivity index (χ4n) is 4.20. The Kier molecular flexibility index (Phi) is 4.93. The first kappa shape index (κ1) is 13.9. The molecule has 0 nitrogen and oxygen atoms in total. The maximum absolute atomic E-state index is 2.51. The minimum absolute atomic E-state index is 0.950. The molecule has 0 aromatic carbocycles. The second kappa shape index (κ2) is 6.05. The van der Waals surface area contributed by atoms with Gasteiger partial charge >= 0.3 is 0 Å². The van der Waals surface area contributed by atoms with E-state index in [0.717, 1.165) is 35.2 Å². The fraction of sp³-hybridized carbons (Fsp3) is 1.00. The summed E-state index contributed by atoms with van der Waals surface area (Å²) >= 11 is 0. The lowest BCUT2D eigenvalue weighted by atomic mass is 9.91. The maximum atomic E-state index is 2.51. The van der Waals surface area contributed by atoms with E-state index in [1.165, 1.54) is 27.8 Å². The molecule has 2 fully saturated rings. The van der Waals surface area contributed by atoms with E-state index in [0.29, 0.717) is 0 Å². The van der Waals surface area contributed by atoms with Gasteiger partial charge in [-0.05, 0) is 54.3 Å². The lowest BCUT2D eigenvalue weighted by molar-refractivity contribution is 0.352. The van der Waals surface area contributed by atoms with E-state index in [4.69, 9.17) is 0 Å². The Hall–Kier alpha value is 0.430. The van der Waals surface area contributed by atoms with Gasteiger partial charge in [-0.1, -0.05) is 47.0 Å². The monoisotopic (exact) mass is 254 g/mol. The molecule has 0 saturated heterocycles. The summed E-state index contributed by atoms with van der Waals surface area (Å²) < 4.78 is 0. The van der Waals surface area contributed by atoms with Gasteiger partial charge in [0.05, 0.1) is 0 Å². The van der Waals surface area contributed by atoms with Gasteiger partial charge in [0.25, 0.3) is 0 Å². The van der Waals surface area contributed by atoms with Crippen LogP contribution >= 0.6 is 8.58 Å². The van der Waals surface area contributed by atoms with Gasteiger partial charge in [0.1, 0.15) is 0 Å². The highest BCUT2D eigenvalue weighted by atomic mass is 31.1. The van der Waals surface area contributed by atoms with Gasteiger partial charge in [0.2, 0.25) is 0 Å². The van der Waals surface area contributed by atoms with Crippen LogP contribution in [0.25, 0.3) is 0 Å². The van der Waals surface area contributed by atoms with Crippen LogP contribution in [0.2, 0.25) is 0 Å². The highest BCUT2D eigenvalue weighted by Gasteiger charge is 2.40. The Bertz CT molecular complexity index is 218. The molecule has 5 atom stereocenters. The van der Waals surface area contributed by atoms with Gasteiger partial charge in [-0.2, -0.15) is 0 Å². The maximum Gasteiger partial charge on any atom is -0.0237 e. The van der Waals surface area contributed by atoms with E-state index in [1.807, 2.05) is 0 Å². The van der Waals surface area contributed by atoms with Crippen LogP contribution in [-0.2, 0) is 0 Å². The predicted octanol–water partition coefficient (Wildman–Crippen LogP) is 5.17. The molecular weight excluding hydrogens is 223 g/mol. The summed E-state index contributed by atoms with van der Waals surface area (Å²) in [6, 6.07) is 0. The molecule has 0 aliphatic heterocycles. The van der Waals surface area contributed by atoms with E-state index in [9.17, 15) is 0 Å². The minimum atomic E-state index is 0.950. The molecule has 0 amide bonds. The summed E-state index contributed by atoms with van der Waals surface area (Å²) in [5.41, 5.74) is 1.11. The Labute approximate surface area is 110 Å². The molecule has 0 spiro atoms. The van der Waals surface area contributed by atoms with Crippen molar-refractivity contribution in [3.63, 3.8) is 0 Å². The van der Waals surface area contributed by atoms with Crippen LogP contribution in [0.4, 0.5) is 0 Å². The zero-order valence-electron chi connectivity index (χ0n) is 12.2. The molecule has 2 rings (SSSR count). The lowest BCUT2D eigenvalue weighted by Gasteiger charge is -2.26. The summed E-state index contributed by atoms with van der Waals surface area (Å²) in [5, 5.41) is 0. The standard InChI is InChI=1S/C16H31P/c1-11-12(2)14(4)16(13(11)3)10-17-15-8-6-5-7-9-15/h11-17H,5-10H2,1-4H3. The molecule has 5 unspecified atom stereocenters. The molecule has 2 saturated carbocycles. The summed E-state index contributed by atoms with van der Waals surface area (Å²) in [5.74, 6) is 4.87. The smallest absolute Gasteiger partial charge is 0.0237 e. The Balaban J connectivity index is 1.82. The molecule has 0 radical (unpaired) electrons. The highest BCUT2D eigenvalue weighted by molar-refractivity contribution is 7.38. The zero-order valence-corrected chi connectivity index (χ0v) is 13.2. The van der Waals surface area contributed by atoms with Crippen LogP contribution in [-0.4, -0.2) is 11.8 Å². The van der Waals surface area contributed by atoms with Crippen molar-refractivity contribution in [1.82, 2.24) is 0 Å². The molecule has 2 aliphatic rings. The van der Waals surface area contributed by atoms with Gasteiger partial charge in [0.15, 0.2) is 0 Å². The fourth-order valence-corrected chi connectivity index (χ4v) is 6.36. The van der Waals surface area contributed by atoms with Gasteiger partial charge in [-0.15, -0.1) is 8.58 Å². The SMILES string of the molecule is CC1C(C)C(C)C(CPC2CCCCC2)C1C. The molecule has 0 heterocycles. The van der Waals surface area contributed by atoms with Gasteiger partial charge < -0.3 is 0 Å². The molecule has 0 bridgehead atoms. The molecule has 1 heteroatoms. The van der Waals surface area contributed by atoms with Crippen molar-refractivity contribution in [1.29, 1.82) is 0 Å². The zero-order chi connectivity index (χ0) is 12.4. The third kappa shape index (κ3) is 3.06. The van der Waals surface area contributed by atoms with Crippen molar-refractivity contribution >= 4 is 8.58 Å². The Morgan fingerprint density at radius 1 is 0.765 bits per heavy atom. The quantitative estimate of drug-likeness (QED) is 0.609. The van der Waals surface area contributed by atoms with Crippen LogP contribution in [0.15, 0.2) is 0 Å². The number of rotatable bonds is 3. The lowest BCUT2D eigenvalue weighted by Crippen LogP contribution is -2.17. The van der Waals surface area contributed by atoms with Crippen LogP contribution in [0.5, 0.6) is 0 Å². The average molecular weight is 254 g/mol. The first-order valence-corrected chi connectivity index (χ1v) is 9.13. The number of hydrogen-bond acceptors (Lipinski definition) is 0. The van der Waals surface area contributed by atoms with E-state index < -0.39 is 0 Å². The predicted molar refractivity (Wildman–Crippen MR) is 80.2 cm³/mol. The van der Waals surface area contributed by atoms with Crippen molar-refractivity contribution in [2.75, 3.05) is 6.16 Å². The Morgan fingerprint density at radius 3 is 1.82 bits per heavy atom. The van der Waals surface area contributed by atoms with Crippen LogP contribution < -0.4 is 0 Å². The Morgan fingerprint density at radius 2 is 1.29 bits per heavy atom. The molecule has 0 N–H and O–H groups in total. The third-order valence-corrected chi connectivity index (χ3v) is 7.95. The minimum Gasteiger partial charge on any atom is -0.119 e. The molecule has 0 aromatic heterocycles. The van der Waals surface area contributed by atoms with E-state index in [-0.39, 0.29) is 0 Å². The van der Waals surface area contributed by atoms with E-state index >= 15 is 0 Å². The van der Waals surface area contributed by atoms with Crippen molar-refractivity contribution in [2.24, 2.45) is 29.6 Å². The van der Waals surface area contributed by atoms with Crippen LogP contribution in [0.3, 0.4) is 0 Å². The van der Waals surface area contributed by atoms with Crippen LogP contribution in [0.1, 0.15) is 59.8 Å². The first-order valence-electron chi connectivity index (χ1n) is 7.84. The molecule has 100 valence electrons. The van der Waals surface area contributed by atoms with Crippen molar-refractivity contribution in [3.05, 3.63) is 0 Å². The van der Waals surface area contributed by atoms with Gasteiger partial charge in [0, 0.05) is 0 Å². The topological polar surface area (TPSA) is 0 Å². The summed E-state index contributed by atoms with van der Waals surface area (Å²) in [4.78, 5) is 0. The van der Waals surface area contributed by atoms with Crippen molar-refractivity contribution in [3.8, 4) is 0 Å². The third-order valence-electron chi connectivity index (χ3n) is 6.09. The summed E-state index contributed by atoms with van der Waals surface area (Å²) in [7, 11) is 1.27. The molecule has 2 aliphatic carbocycles. The molecular formula is C16H31P. The van der Waals surface area contributed by atoms with Crippen molar-refractivity contribution in [2.45, 2.75) is 65.5 Å². The van der Waals surface area contributed by atoms with E-state index in [2.05, 4.69) is 27.7 Å². The number of hydrogen-bond donors (Lipinski definition) is 0. The van der Waals surface area contributed by atoms with Crippen LogP contribution in [0, 0.1) is 29.6 Å². The largest absolute Gasteiger partial charge is 0.119 e. The van der Waals surface area contributed by atoms with E-state index in [1.54, 1.807) is 19.0 Å². The van der Waals surface area contributed by atoms with Gasteiger partial charge in [-0.3, -0.25) is 0 Å². The normalized spacial score (nSPS) is 44.8. The second-order valence-electron chi connectivity index (χ2n) is 6.84. The summed E-state index contributed by atoms with van der Waals surface area (Å²) in [6.07, 6.45) is 9.16.